The minimum absolute atomic E-state index is 0.0973. The minimum Gasteiger partial charge on any atom is -0.467 e. The third-order valence-electron chi connectivity index (χ3n) is 5.33. The van der Waals surface area contributed by atoms with E-state index >= 15 is 0 Å². The second kappa shape index (κ2) is 7.68. The lowest BCUT2D eigenvalue weighted by Crippen LogP contribution is -2.43. The highest BCUT2D eigenvalue weighted by molar-refractivity contribution is 6.31. The number of nitrogens with one attached hydrogen (secondary N) is 2. The lowest BCUT2D eigenvalue weighted by atomic mass is 10.0. The molecule has 2 N–H and O–H groups in total. The highest BCUT2D eigenvalue weighted by atomic mass is 35.5. The van der Waals surface area contributed by atoms with E-state index in [0.29, 0.717) is 11.4 Å². The molecule has 0 spiro atoms. The molecule has 1 aliphatic rings. The van der Waals surface area contributed by atoms with Crippen molar-refractivity contribution in [3.63, 3.8) is 0 Å². The van der Waals surface area contributed by atoms with Crippen LogP contribution in [-0.4, -0.2) is 30.0 Å². The van der Waals surface area contributed by atoms with Gasteiger partial charge in [0.05, 0.1) is 7.11 Å². The number of aromatic nitrogens is 1. The molecule has 3 aromatic rings. The fraction of sp³-hybridized carbons (Fsp3) is 0.273. The van der Waals surface area contributed by atoms with Crippen molar-refractivity contribution in [2.24, 2.45) is 5.92 Å². The molecule has 3 atom stereocenters. The first-order chi connectivity index (χ1) is 13.6. The van der Waals surface area contributed by atoms with Crippen molar-refractivity contribution in [1.29, 1.82) is 0 Å². The molecular formula is C22H21ClN2O3. The molecule has 0 radical (unpaired) electrons. The number of amides is 1. The summed E-state index contributed by atoms with van der Waals surface area (Å²) < 4.78 is 4.92. The Hall–Kier alpha value is -2.79. The second-order valence-electron chi connectivity index (χ2n) is 7.12. The Morgan fingerprint density at radius 3 is 2.75 bits per heavy atom. The molecule has 5 nitrogen and oxygen atoms in total. The lowest BCUT2D eigenvalue weighted by Gasteiger charge is -2.16. The van der Waals surface area contributed by atoms with Crippen molar-refractivity contribution >= 4 is 34.4 Å². The van der Waals surface area contributed by atoms with E-state index in [-0.39, 0.29) is 17.7 Å². The van der Waals surface area contributed by atoms with E-state index in [0.717, 1.165) is 28.5 Å². The maximum Gasteiger partial charge on any atom is 0.328 e. The number of H-pyrrole nitrogens is 1. The Morgan fingerprint density at radius 2 is 1.96 bits per heavy atom. The summed E-state index contributed by atoms with van der Waals surface area (Å²) >= 11 is 6.25. The molecule has 0 saturated heterocycles. The predicted molar refractivity (Wildman–Crippen MR) is 108 cm³/mol. The number of esters is 1. The second-order valence-corrected chi connectivity index (χ2v) is 7.53. The van der Waals surface area contributed by atoms with Crippen LogP contribution in [0.25, 0.3) is 10.9 Å². The van der Waals surface area contributed by atoms with Gasteiger partial charge in [0, 0.05) is 34.5 Å². The number of para-hydroxylation sites is 1. The monoisotopic (exact) mass is 396 g/mol. The van der Waals surface area contributed by atoms with Gasteiger partial charge in [0.25, 0.3) is 0 Å². The van der Waals surface area contributed by atoms with Gasteiger partial charge in [0.2, 0.25) is 5.91 Å². The zero-order chi connectivity index (χ0) is 19.7. The summed E-state index contributed by atoms with van der Waals surface area (Å²) in [4.78, 5) is 28.2. The Morgan fingerprint density at radius 1 is 1.21 bits per heavy atom. The maximum absolute atomic E-state index is 12.8. The summed E-state index contributed by atoms with van der Waals surface area (Å²) in [5.74, 6) is -0.663. The van der Waals surface area contributed by atoms with Crippen LogP contribution in [0.2, 0.25) is 5.02 Å². The molecule has 28 heavy (non-hydrogen) atoms. The molecule has 1 aliphatic carbocycles. The number of carbonyl (C=O) groups is 2. The van der Waals surface area contributed by atoms with Gasteiger partial charge in [-0.05, 0) is 35.6 Å². The molecule has 1 saturated carbocycles. The van der Waals surface area contributed by atoms with Gasteiger partial charge in [0.15, 0.2) is 0 Å². The van der Waals surface area contributed by atoms with Crippen molar-refractivity contribution < 1.29 is 14.3 Å². The van der Waals surface area contributed by atoms with E-state index < -0.39 is 12.0 Å². The molecule has 0 bridgehead atoms. The van der Waals surface area contributed by atoms with Crippen molar-refractivity contribution in [3.05, 3.63) is 70.9 Å². The van der Waals surface area contributed by atoms with Gasteiger partial charge in [-0.3, -0.25) is 4.79 Å². The maximum atomic E-state index is 12.8. The third kappa shape index (κ3) is 3.62. The van der Waals surface area contributed by atoms with Gasteiger partial charge in [-0.15, -0.1) is 0 Å². The fourth-order valence-corrected chi connectivity index (χ4v) is 4.01. The summed E-state index contributed by atoms with van der Waals surface area (Å²) in [6.45, 7) is 0. The Balaban J connectivity index is 1.48. The third-order valence-corrected chi connectivity index (χ3v) is 5.68. The minimum atomic E-state index is -0.732. The summed E-state index contributed by atoms with van der Waals surface area (Å²) in [7, 11) is 1.33. The first-order valence-corrected chi connectivity index (χ1v) is 9.64. The van der Waals surface area contributed by atoms with Gasteiger partial charge < -0.3 is 15.0 Å². The van der Waals surface area contributed by atoms with Crippen molar-refractivity contribution in [1.82, 2.24) is 10.3 Å². The van der Waals surface area contributed by atoms with E-state index in [1.165, 1.54) is 7.11 Å². The number of benzene rings is 2. The first-order valence-electron chi connectivity index (χ1n) is 9.26. The number of carbonyl (C=O) groups excluding carboxylic acids is 2. The van der Waals surface area contributed by atoms with Gasteiger partial charge in [-0.25, -0.2) is 4.79 Å². The normalized spacial score (nSPS) is 19.2. The van der Waals surface area contributed by atoms with Crippen LogP contribution in [0, 0.1) is 5.92 Å². The van der Waals surface area contributed by atoms with E-state index in [9.17, 15) is 9.59 Å². The molecule has 3 unspecified atom stereocenters. The Labute approximate surface area is 168 Å². The molecule has 1 aromatic heterocycles. The number of halogens is 1. The quantitative estimate of drug-likeness (QED) is 0.622. The van der Waals surface area contributed by atoms with Crippen LogP contribution >= 0.6 is 11.6 Å². The van der Waals surface area contributed by atoms with Gasteiger partial charge >= 0.3 is 5.97 Å². The number of methoxy groups -OCH3 is 1. The van der Waals surface area contributed by atoms with Crippen LogP contribution in [0.4, 0.5) is 0 Å². The van der Waals surface area contributed by atoms with Crippen molar-refractivity contribution in [2.45, 2.75) is 24.8 Å². The molecule has 0 aliphatic heterocycles. The van der Waals surface area contributed by atoms with Crippen LogP contribution in [0.5, 0.6) is 0 Å². The first kappa shape index (κ1) is 18.6. The summed E-state index contributed by atoms with van der Waals surface area (Å²) in [5.41, 5.74) is 2.94. The number of ether oxygens (including phenoxy) is 1. The van der Waals surface area contributed by atoms with Crippen LogP contribution in [0.15, 0.2) is 54.7 Å². The highest BCUT2D eigenvalue weighted by Crippen LogP contribution is 2.49. The van der Waals surface area contributed by atoms with Gasteiger partial charge in [-0.1, -0.05) is 48.0 Å². The summed E-state index contributed by atoms with van der Waals surface area (Å²) in [6, 6.07) is 14.7. The van der Waals surface area contributed by atoms with Crippen molar-refractivity contribution in [3.8, 4) is 0 Å². The van der Waals surface area contributed by atoms with Crippen molar-refractivity contribution in [2.75, 3.05) is 7.11 Å². The Kier molecular flexibility index (Phi) is 5.09. The zero-order valence-corrected chi connectivity index (χ0v) is 16.2. The summed E-state index contributed by atoms with van der Waals surface area (Å²) in [6.07, 6.45) is 2.97. The molecule has 144 valence electrons. The number of rotatable bonds is 6. The average molecular weight is 397 g/mol. The number of fused-ring (bicyclic) bond motifs is 1. The largest absolute Gasteiger partial charge is 0.467 e. The van der Waals surface area contributed by atoms with E-state index in [4.69, 9.17) is 16.3 Å². The van der Waals surface area contributed by atoms with Gasteiger partial charge in [0.1, 0.15) is 6.04 Å². The molecule has 2 aromatic carbocycles. The van der Waals surface area contributed by atoms with Crippen LogP contribution in [0.1, 0.15) is 23.5 Å². The van der Waals surface area contributed by atoms with Gasteiger partial charge in [-0.2, -0.15) is 0 Å². The predicted octanol–water partition coefficient (Wildman–Crippen LogP) is 3.83. The zero-order valence-electron chi connectivity index (χ0n) is 15.4. The van der Waals surface area contributed by atoms with Crippen LogP contribution in [0.3, 0.4) is 0 Å². The average Bonchev–Trinajstić information content (AvgIpc) is 3.41. The number of hydrogen-bond acceptors (Lipinski definition) is 3. The molecule has 1 amide bonds. The molecular weight excluding hydrogens is 376 g/mol. The topological polar surface area (TPSA) is 71.2 Å². The SMILES string of the molecule is COC(=O)C(Cc1c[nH]c2ccccc12)NC(=O)C1CC1c1ccccc1Cl. The number of aromatic amines is 1. The molecule has 1 heterocycles. The number of hydrogen-bond donors (Lipinski definition) is 2. The smallest absolute Gasteiger partial charge is 0.328 e. The van der Waals surface area contributed by atoms with E-state index in [1.807, 2.05) is 54.7 Å². The standard InChI is InChI=1S/C22H21ClN2O3/c1-28-22(27)20(10-13-12-24-19-9-5-3-6-14(13)19)25-21(26)17-11-16(17)15-7-2-4-8-18(15)23/h2-9,12,16-17,20,24H,10-11H2,1H3,(H,25,26). The molecule has 6 heteroatoms. The highest BCUT2D eigenvalue weighted by Gasteiger charge is 2.45. The Bertz CT molecular complexity index is 1030. The molecule has 1 fully saturated rings. The van der Waals surface area contributed by atoms with E-state index in [1.54, 1.807) is 0 Å². The summed E-state index contributed by atoms with van der Waals surface area (Å²) in [5, 5.41) is 4.59. The van der Waals surface area contributed by atoms with Crippen LogP contribution in [-0.2, 0) is 20.7 Å². The van der Waals surface area contributed by atoms with E-state index in [2.05, 4.69) is 10.3 Å². The lowest BCUT2D eigenvalue weighted by molar-refractivity contribution is -0.145. The van der Waals surface area contributed by atoms with Crippen LogP contribution < -0.4 is 5.32 Å². The molecule has 4 rings (SSSR count). The fourth-order valence-electron chi connectivity index (χ4n) is 3.74.